The summed E-state index contributed by atoms with van der Waals surface area (Å²) in [5.41, 5.74) is 1.03. The van der Waals surface area contributed by atoms with Gasteiger partial charge in [-0.25, -0.2) is 4.98 Å². The molecule has 0 amide bonds. The van der Waals surface area contributed by atoms with E-state index in [0.29, 0.717) is 22.2 Å². The molecule has 0 aliphatic carbocycles. The molecular weight excluding hydrogens is 330 g/mol. The highest BCUT2D eigenvalue weighted by atomic mass is 32.2. The van der Waals surface area contributed by atoms with Gasteiger partial charge in [0.15, 0.2) is 11.0 Å². The van der Waals surface area contributed by atoms with Crippen molar-refractivity contribution >= 4 is 29.0 Å². The third-order valence-electron chi connectivity index (χ3n) is 3.37. The molecule has 0 unspecified atom stereocenters. The molecule has 1 heterocycles. The van der Waals surface area contributed by atoms with Crippen LogP contribution in [0.3, 0.4) is 0 Å². The second-order valence-corrected chi connectivity index (χ2v) is 5.79. The Hall–Kier alpha value is -2.68. The molecule has 2 rings (SSSR count). The maximum atomic E-state index is 12.0. The highest BCUT2D eigenvalue weighted by molar-refractivity contribution is 7.98. The molecule has 126 valence electrons. The minimum absolute atomic E-state index is 0.000998. The molecule has 1 aromatic heterocycles. The van der Waals surface area contributed by atoms with Crippen LogP contribution in [0.5, 0.6) is 0 Å². The van der Waals surface area contributed by atoms with E-state index < -0.39 is 4.92 Å². The first-order valence-corrected chi connectivity index (χ1v) is 8.21. The van der Waals surface area contributed by atoms with Crippen LogP contribution in [0.15, 0.2) is 45.4 Å². The normalized spacial score (nSPS) is 11.4. The Kier molecular flexibility index (Phi) is 5.35. The summed E-state index contributed by atoms with van der Waals surface area (Å²) < 4.78 is 1.46. The molecule has 0 bridgehead atoms. The number of non-ortho nitro benzene ring substituents is 1. The van der Waals surface area contributed by atoms with Crippen molar-refractivity contribution in [2.24, 2.45) is 12.1 Å². The largest absolute Gasteiger partial charge is 0.291 e. The van der Waals surface area contributed by atoms with Crippen molar-refractivity contribution in [3.63, 3.8) is 0 Å². The number of aromatic nitrogens is 2. The number of nitrogens with zero attached hydrogens (tertiary/aromatic N) is 5. The lowest BCUT2D eigenvalue weighted by Gasteiger charge is -2.15. The third kappa shape index (κ3) is 3.80. The zero-order valence-electron chi connectivity index (χ0n) is 13.8. The van der Waals surface area contributed by atoms with Crippen LogP contribution in [0.4, 0.5) is 11.5 Å². The SMILES string of the molecule is CSc1nc(N(C)/N=C(/C)c2cccc([N+](=O)[O-])c2)cc(=O)n1C. The van der Waals surface area contributed by atoms with E-state index in [9.17, 15) is 14.9 Å². The monoisotopic (exact) mass is 347 g/mol. The fourth-order valence-corrected chi connectivity index (χ4v) is 2.58. The van der Waals surface area contributed by atoms with Crippen molar-refractivity contribution in [3.8, 4) is 0 Å². The molecule has 2 aromatic rings. The van der Waals surface area contributed by atoms with Crippen LogP contribution >= 0.6 is 11.8 Å². The summed E-state index contributed by atoms with van der Waals surface area (Å²) in [6, 6.07) is 7.62. The van der Waals surface area contributed by atoms with E-state index in [-0.39, 0.29) is 11.2 Å². The summed E-state index contributed by atoms with van der Waals surface area (Å²) in [7, 11) is 3.33. The number of benzene rings is 1. The third-order valence-corrected chi connectivity index (χ3v) is 4.10. The van der Waals surface area contributed by atoms with Crippen LogP contribution in [0.1, 0.15) is 12.5 Å². The number of nitro groups is 1. The summed E-state index contributed by atoms with van der Waals surface area (Å²) >= 11 is 1.36. The van der Waals surface area contributed by atoms with Crippen LogP contribution in [0, 0.1) is 10.1 Å². The number of hydrogen-bond acceptors (Lipinski definition) is 7. The smallest absolute Gasteiger partial charge is 0.270 e. The molecular formula is C15H17N5O3S. The highest BCUT2D eigenvalue weighted by Crippen LogP contribution is 2.17. The molecule has 0 atom stereocenters. The van der Waals surface area contributed by atoms with Crippen molar-refractivity contribution in [2.45, 2.75) is 12.1 Å². The maximum absolute atomic E-state index is 12.0. The lowest BCUT2D eigenvalue weighted by Crippen LogP contribution is -2.23. The van der Waals surface area contributed by atoms with E-state index in [1.165, 1.54) is 39.5 Å². The minimum Gasteiger partial charge on any atom is -0.291 e. The maximum Gasteiger partial charge on any atom is 0.270 e. The van der Waals surface area contributed by atoms with Gasteiger partial charge >= 0.3 is 0 Å². The van der Waals surface area contributed by atoms with Crippen molar-refractivity contribution in [1.29, 1.82) is 0 Å². The van der Waals surface area contributed by atoms with Crippen molar-refractivity contribution in [3.05, 3.63) is 56.4 Å². The molecule has 0 aliphatic heterocycles. The van der Waals surface area contributed by atoms with E-state index in [0.717, 1.165) is 0 Å². The lowest BCUT2D eigenvalue weighted by molar-refractivity contribution is -0.384. The summed E-state index contributed by atoms with van der Waals surface area (Å²) in [5, 5.41) is 17.3. The van der Waals surface area contributed by atoms with E-state index in [2.05, 4.69) is 10.1 Å². The Morgan fingerprint density at radius 1 is 1.42 bits per heavy atom. The number of anilines is 1. The van der Waals surface area contributed by atoms with Gasteiger partial charge in [-0.3, -0.25) is 24.5 Å². The van der Waals surface area contributed by atoms with Gasteiger partial charge in [-0.2, -0.15) is 5.10 Å². The molecule has 1 aromatic carbocycles. The predicted molar refractivity (Wildman–Crippen MR) is 95.0 cm³/mol. The number of nitro benzene ring substituents is 1. The van der Waals surface area contributed by atoms with E-state index in [1.807, 2.05) is 6.26 Å². The summed E-state index contributed by atoms with van der Waals surface area (Å²) in [6.45, 7) is 1.74. The molecule has 0 saturated heterocycles. The van der Waals surface area contributed by atoms with Crippen LogP contribution in [-0.2, 0) is 7.05 Å². The topological polar surface area (TPSA) is 93.6 Å². The van der Waals surface area contributed by atoms with Gasteiger partial charge in [-0.15, -0.1) is 0 Å². The first kappa shape index (κ1) is 17.7. The van der Waals surface area contributed by atoms with Crippen LogP contribution in [0.25, 0.3) is 0 Å². The standard InChI is InChI=1S/C15H17N5O3S/c1-10(11-6-5-7-12(8-11)20(22)23)17-19(3)13-9-14(21)18(2)15(16-13)24-4/h5-9H,1-4H3/b17-10-. The molecule has 0 fully saturated rings. The van der Waals surface area contributed by atoms with Crippen molar-refractivity contribution in [1.82, 2.24) is 9.55 Å². The first-order valence-electron chi connectivity index (χ1n) is 6.99. The van der Waals surface area contributed by atoms with Gasteiger partial charge in [0.1, 0.15) is 0 Å². The van der Waals surface area contributed by atoms with E-state index >= 15 is 0 Å². The van der Waals surface area contributed by atoms with Gasteiger partial charge in [0.25, 0.3) is 11.2 Å². The molecule has 0 aliphatic rings. The summed E-state index contributed by atoms with van der Waals surface area (Å²) in [5.74, 6) is 0.409. The van der Waals surface area contributed by atoms with E-state index in [1.54, 1.807) is 33.2 Å². The Morgan fingerprint density at radius 2 is 2.12 bits per heavy atom. The van der Waals surface area contributed by atoms with Crippen LogP contribution in [-0.4, -0.2) is 33.5 Å². The van der Waals surface area contributed by atoms with Gasteiger partial charge in [0, 0.05) is 37.9 Å². The molecule has 8 nitrogen and oxygen atoms in total. The second-order valence-electron chi connectivity index (χ2n) is 5.01. The van der Waals surface area contributed by atoms with Crippen LogP contribution in [0.2, 0.25) is 0 Å². The zero-order valence-corrected chi connectivity index (χ0v) is 14.6. The van der Waals surface area contributed by atoms with Gasteiger partial charge in [0.2, 0.25) is 0 Å². The van der Waals surface area contributed by atoms with Gasteiger partial charge in [-0.1, -0.05) is 23.9 Å². The fraction of sp³-hybridized carbons (Fsp3) is 0.267. The first-order chi connectivity index (χ1) is 11.3. The number of hydrogen-bond donors (Lipinski definition) is 0. The van der Waals surface area contributed by atoms with E-state index in [4.69, 9.17) is 0 Å². The minimum atomic E-state index is -0.451. The predicted octanol–water partition coefficient (Wildman–Crippen LogP) is 2.27. The van der Waals surface area contributed by atoms with Gasteiger partial charge in [-0.05, 0) is 13.2 Å². The number of hydrazone groups is 1. The van der Waals surface area contributed by atoms with Crippen molar-refractivity contribution in [2.75, 3.05) is 18.3 Å². The quantitative estimate of drug-likeness (QED) is 0.271. The molecule has 24 heavy (non-hydrogen) atoms. The second kappa shape index (κ2) is 7.26. The molecule has 0 N–H and O–H groups in total. The molecule has 0 radical (unpaired) electrons. The molecule has 0 spiro atoms. The molecule has 9 heteroatoms. The average Bonchev–Trinajstić information content (AvgIpc) is 2.57. The summed E-state index contributed by atoms with van der Waals surface area (Å²) in [4.78, 5) is 26.8. The Morgan fingerprint density at radius 3 is 2.75 bits per heavy atom. The lowest BCUT2D eigenvalue weighted by atomic mass is 10.1. The van der Waals surface area contributed by atoms with Gasteiger partial charge in [0.05, 0.1) is 10.6 Å². The zero-order chi connectivity index (χ0) is 17.9. The number of thioether (sulfide) groups is 1. The Bertz CT molecular complexity index is 862. The fourth-order valence-electron chi connectivity index (χ4n) is 2.03. The van der Waals surface area contributed by atoms with Gasteiger partial charge < -0.3 is 0 Å². The average molecular weight is 347 g/mol. The summed E-state index contributed by atoms with van der Waals surface area (Å²) in [6.07, 6.45) is 1.84. The molecule has 0 saturated carbocycles. The highest BCUT2D eigenvalue weighted by Gasteiger charge is 2.11. The number of rotatable bonds is 5. The van der Waals surface area contributed by atoms with Crippen molar-refractivity contribution < 1.29 is 4.92 Å². The Balaban J connectivity index is 2.37. The van der Waals surface area contributed by atoms with Crippen LogP contribution < -0.4 is 10.6 Å². The Labute approximate surface area is 143 Å².